The van der Waals surface area contributed by atoms with Gasteiger partial charge in [-0.25, -0.2) is 4.39 Å². The topological polar surface area (TPSA) is 72.9 Å². The second-order valence-corrected chi connectivity index (χ2v) is 9.01. The van der Waals surface area contributed by atoms with Gasteiger partial charge in [-0.2, -0.15) is 0 Å². The van der Waals surface area contributed by atoms with Crippen LogP contribution in [-0.2, 0) is 15.0 Å². The molecule has 2 atom stereocenters. The number of fused-ring (bicyclic) bond motifs is 2. The normalized spacial score (nSPS) is 27.4. The summed E-state index contributed by atoms with van der Waals surface area (Å²) < 4.78 is 13.7. The summed E-state index contributed by atoms with van der Waals surface area (Å²) in [4.78, 5) is 30.8. The number of halogens is 1. The average molecular weight is 423 g/mol. The van der Waals surface area contributed by atoms with E-state index in [1.165, 1.54) is 12.1 Å². The number of nitrogens with one attached hydrogen (secondary N) is 1. The molecule has 7 heteroatoms. The number of nitrogens with zero attached hydrogens (tertiary/aromatic N) is 2. The quantitative estimate of drug-likeness (QED) is 0.778. The van der Waals surface area contributed by atoms with E-state index in [9.17, 15) is 19.1 Å². The van der Waals surface area contributed by atoms with Crippen molar-refractivity contribution in [2.24, 2.45) is 0 Å². The van der Waals surface area contributed by atoms with E-state index in [1.807, 2.05) is 31.3 Å². The van der Waals surface area contributed by atoms with Crippen molar-refractivity contribution < 1.29 is 19.1 Å². The Morgan fingerprint density at radius 3 is 2.45 bits per heavy atom. The Morgan fingerprint density at radius 2 is 1.74 bits per heavy atom. The summed E-state index contributed by atoms with van der Waals surface area (Å²) in [7, 11) is 1.97. The second-order valence-electron chi connectivity index (χ2n) is 9.01. The van der Waals surface area contributed by atoms with Gasteiger partial charge in [0.2, 0.25) is 5.91 Å². The van der Waals surface area contributed by atoms with Crippen LogP contribution in [0.1, 0.15) is 36.4 Å². The number of carbonyl (C=O) groups excluding carboxylic acids is 2. The summed E-state index contributed by atoms with van der Waals surface area (Å²) in [6.07, 6.45) is 1.15. The molecule has 6 nitrogen and oxygen atoms in total. The molecule has 1 spiro atoms. The number of hydrogen-bond donors (Lipinski definition) is 2. The van der Waals surface area contributed by atoms with Crippen molar-refractivity contribution in [3.63, 3.8) is 0 Å². The molecule has 0 aromatic heterocycles. The molecule has 3 aliphatic heterocycles. The zero-order valence-corrected chi connectivity index (χ0v) is 17.5. The number of para-hydroxylation sites is 1. The van der Waals surface area contributed by atoms with Crippen molar-refractivity contribution in [3.05, 3.63) is 65.5 Å². The predicted molar refractivity (Wildman–Crippen MR) is 114 cm³/mol. The first kappa shape index (κ1) is 20.2. The van der Waals surface area contributed by atoms with Crippen molar-refractivity contribution >= 4 is 17.5 Å². The van der Waals surface area contributed by atoms with Crippen LogP contribution in [0, 0.1) is 5.82 Å². The molecule has 2 aromatic rings. The van der Waals surface area contributed by atoms with Gasteiger partial charge in [0.05, 0.1) is 6.04 Å². The number of amides is 2. The molecule has 2 amide bonds. The third-order valence-electron chi connectivity index (χ3n) is 7.25. The van der Waals surface area contributed by atoms with Crippen LogP contribution < -0.4 is 5.32 Å². The van der Waals surface area contributed by atoms with Crippen LogP contribution in [0.2, 0.25) is 0 Å². The van der Waals surface area contributed by atoms with Crippen LogP contribution >= 0.6 is 0 Å². The monoisotopic (exact) mass is 423 g/mol. The first-order valence-corrected chi connectivity index (χ1v) is 10.7. The number of carbonyl (C=O) groups is 2. The Labute approximate surface area is 180 Å². The molecule has 0 saturated carbocycles. The first-order chi connectivity index (χ1) is 14.8. The molecule has 0 radical (unpaired) electrons. The molecule has 2 saturated heterocycles. The van der Waals surface area contributed by atoms with E-state index in [4.69, 9.17) is 0 Å². The Bertz CT molecular complexity index is 1030. The molecule has 3 heterocycles. The number of rotatable bonds is 2. The molecule has 31 heavy (non-hydrogen) atoms. The number of hydrogen-bond acceptors (Lipinski definition) is 4. The predicted octanol–water partition coefficient (Wildman–Crippen LogP) is 2.45. The molecule has 0 aliphatic carbocycles. The summed E-state index contributed by atoms with van der Waals surface area (Å²) >= 11 is 0. The van der Waals surface area contributed by atoms with E-state index in [-0.39, 0.29) is 17.6 Å². The maximum Gasteiger partial charge on any atom is 0.255 e. The number of benzene rings is 2. The highest BCUT2D eigenvalue weighted by Gasteiger charge is 2.61. The largest absolute Gasteiger partial charge is 0.380 e. The van der Waals surface area contributed by atoms with Gasteiger partial charge in [0.1, 0.15) is 16.8 Å². The molecule has 2 aromatic carbocycles. The number of anilines is 1. The summed E-state index contributed by atoms with van der Waals surface area (Å²) in [5, 5.41) is 14.2. The smallest absolute Gasteiger partial charge is 0.255 e. The minimum atomic E-state index is -1.45. The third-order valence-corrected chi connectivity index (χ3v) is 7.25. The number of piperidine rings is 1. The van der Waals surface area contributed by atoms with Gasteiger partial charge < -0.3 is 20.2 Å². The Morgan fingerprint density at radius 1 is 1.06 bits per heavy atom. The third kappa shape index (κ3) is 2.98. The lowest BCUT2D eigenvalue weighted by Crippen LogP contribution is -2.55. The van der Waals surface area contributed by atoms with Crippen LogP contribution in [-0.4, -0.2) is 59.0 Å². The molecule has 5 rings (SSSR count). The highest BCUT2D eigenvalue weighted by molar-refractivity contribution is 6.08. The van der Waals surface area contributed by atoms with Crippen molar-refractivity contribution in [3.8, 4) is 0 Å². The van der Waals surface area contributed by atoms with Gasteiger partial charge >= 0.3 is 0 Å². The molecular formula is C24H26FN3O3. The lowest BCUT2D eigenvalue weighted by Gasteiger charge is -2.41. The fourth-order valence-electron chi connectivity index (χ4n) is 5.48. The van der Waals surface area contributed by atoms with Crippen LogP contribution in [0.25, 0.3) is 0 Å². The van der Waals surface area contributed by atoms with Gasteiger partial charge in [-0.05, 0) is 55.6 Å². The molecule has 2 fully saturated rings. The Kier molecular flexibility index (Phi) is 4.64. The van der Waals surface area contributed by atoms with Gasteiger partial charge in [-0.15, -0.1) is 0 Å². The van der Waals surface area contributed by atoms with E-state index in [0.717, 1.165) is 11.3 Å². The van der Waals surface area contributed by atoms with Crippen molar-refractivity contribution in [2.45, 2.75) is 36.3 Å². The van der Waals surface area contributed by atoms with Gasteiger partial charge in [0.15, 0.2) is 0 Å². The summed E-state index contributed by atoms with van der Waals surface area (Å²) in [6.45, 7) is 1.61. The SMILES string of the molecule is CN1CCC(O)(C(=O)N2CC[C@]3(C(=O)Nc4ccccc43)[C@@H]2c2ccc(F)cc2)CC1. The minimum absolute atomic E-state index is 0.159. The van der Waals surface area contributed by atoms with Gasteiger partial charge in [-0.3, -0.25) is 9.59 Å². The maximum absolute atomic E-state index is 13.7. The molecule has 0 bridgehead atoms. The van der Waals surface area contributed by atoms with Crippen LogP contribution in [0.15, 0.2) is 48.5 Å². The first-order valence-electron chi connectivity index (χ1n) is 10.7. The fourth-order valence-corrected chi connectivity index (χ4v) is 5.48. The summed E-state index contributed by atoms with van der Waals surface area (Å²) in [5.41, 5.74) is -0.140. The van der Waals surface area contributed by atoms with Crippen LogP contribution in [0.3, 0.4) is 0 Å². The Balaban J connectivity index is 1.61. The van der Waals surface area contributed by atoms with E-state index in [2.05, 4.69) is 10.2 Å². The van der Waals surface area contributed by atoms with E-state index in [0.29, 0.717) is 44.5 Å². The lowest BCUT2D eigenvalue weighted by atomic mass is 9.72. The zero-order chi connectivity index (χ0) is 21.8. The highest BCUT2D eigenvalue weighted by atomic mass is 19.1. The van der Waals surface area contributed by atoms with Gasteiger partial charge in [0.25, 0.3) is 5.91 Å². The zero-order valence-electron chi connectivity index (χ0n) is 17.5. The van der Waals surface area contributed by atoms with Crippen LogP contribution in [0.5, 0.6) is 0 Å². The summed E-state index contributed by atoms with van der Waals surface area (Å²) in [6, 6.07) is 12.9. The maximum atomic E-state index is 13.7. The average Bonchev–Trinajstić information content (AvgIpc) is 3.30. The molecule has 2 N–H and O–H groups in total. The Hall–Kier alpha value is -2.77. The number of likely N-dealkylation sites (tertiary alicyclic amines) is 2. The number of aliphatic hydroxyl groups is 1. The van der Waals surface area contributed by atoms with Crippen molar-refractivity contribution in [2.75, 3.05) is 32.0 Å². The van der Waals surface area contributed by atoms with Crippen molar-refractivity contribution in [1.82, 2.24) is 9.80 Å². The molecule has 0 unspecified atom stereocenters. The minimum Gasteiger partial charge on any atom is -0.380 e. The second kappa shape index (κ2) is 7.14. The van der Waals surface area contributed by atoms with E-state index in [1.54, 1.807) is 17.0 Å². The molecule has 3 aliphatic rings. The fraction of sp³-hybridized carbons (Fsp3) is 0.417. The summed E-state index contributed by atoms with van der Waals surface area (Å²) in [5.74, 6) is -0.878. The standard InChI is InChI=1S/C24H26FN3O3/c1-27-13-10-23(31,11-14-27)22(30)28-15-12-24(20(28)16-6-8-17(25)9-7-16)18-4-2-3-5-19(18)26-21(24)29/h2-9,20,31H,10-15H2,1H3,(H,26,29)/t20-,24+/m0/s1. The van der Waals surface area contributed by atoms with Crippen molar-refractivity contribution in [1.29, 1.82) is 0 Å². The van der Waals surface area contributed by atoms with Gasteiger partial charge in [0, 0.05) is 25.3 Å². The van der Waals surface area contributed by atoms with Gasteiger partial charge in [-0.1, -0.05) is 30.3 Å². The van der Waals surface area contributed by atoms with E-state index < -0.39 is 17.1 Å². The highest BCUT2D eigenvalue weighted by Crippen LogP contribution is 2.55. The lowest BCUT2D eigenvalue weighted by molar-refractivity contribution is -0.157. The molecule has 162 valence electrons. The van der Waals surface area contributed by atoms with E-state index >= 15 is 0 Å². The molecular weight excluding hydrogens is 397 g/mol. The van der Waals surface area contributed by atoms with Crippen LogP contribution in [0.4, 0.5) is 10.1 Å².